The number of benzene rings is 1. The van der Waals surface area contributed by atoms with E-state index in [9.17, 15) is 4.79 Å². The average molecular weight is 358 g/mol. The topological polar surface area (TPSA) is 54.9 Å². The first kappa shape index (κ1) is 16.6. The molecule has 1 aromatic carbocycles. The third-order valence-electron chi connectivity index (χ3n) is 3.46. The van der Waals surface area contributed by atoms with Crippen LogP contribution in [-0.2, 0) is 6.42 Å². The Kier molecular flexibility index (Phi) is 5.23. The summed E-state index contributed by atoms with van der Waals surface area (Å²) >= 11 is 7.48. The van der Waals surface area contributed by atoms with E-state index in [4.69, 9.17) is 11.6 Å². The number of hydrogen-bond donors (Lipinski definition) is 1. The number of rotatable bonds is 5. The molecule has 4 nitrogen and oxygen atoms in total. The Morgan fingerprint density at radius 2 is 1.88 bits per heavy atom. The molecule has 0 spiro atoms. The molecule has 0 aliphatic carbocycles. The molecule has 6 heteroatoms. The summed E-state index contributed by atoms with van der Waals surface area (Å²) in [7, 11) is 0. The predicted octanol–water partition coefficient (Wildman–Crippen LogP) is 5.06. The molecule has 3 aromatic rings. The molecule has 0 radical (unpaired) electrons. The number of pyridine rings is 1. The lowest BCUT2D eigenvalue weighted by Crippen LogP contribution is -2.11. The van der Waals surface area contributed by atoms with E-state index < -0.39 is 0 Å². The Hall–Kier alpha value is -2.24. The van der Waals surface area contributed by atoms with Crippen LogP contribution in [0.4, 0.5) is 5.13 Å². The van der Waals surface area contributed by atoms with Gasteiger partial charge in [-0.25, -0.2) is 4.98 Å². The van der Waals surface area contributed by atoms with Crippen LogP contribution in [0.2, 0.25) is 5.02 Å². The lowest BCUT2D eigenvalue weighted by atomic mass is 10.1. The van der Waals surface area contributed by atoms with Gasteiger partial charge < -0.3 is 0 Å². The van der Waals surface area contributed by atoms with E-state index in [1.807, 2.05) is 24.3 Å². The molecule has 0 aliphatic rings. The van der Waals surface area contributed by atoms with Gasteiger partial charge in [0.05, 0.1) is 5.69 Å². The molecule has 0 fully saturated rings. The molecule has 0 aliphatic heterocycles. The number of carbonyl (C=O) groups is 1. The number of halogens is 1. The minimum Gasteiger partial charge on any atom is -0.298 e. The minimum atomic E-state index is -0.183. The van der Waals surface area contributed by atoms with Gasteiger partial charge >= 0.3 is 0 Å². The normalized spacial score (nSPS) is 10.6. The van der Waals surface area contributed by atoms with Gasteiger partial charge in [-0.1, -0.05) is 37.1 Å². The first-order valence-electron chi connectivity index (χ1n) is 7.64. The molecule has 1 amide bonds. The van der Waals surface area contributed by atoms with Crippen molar-refractivity contribution in [2.45, 2.75) is 19.8 Å². The minimum absolute atomic E-state index is 0.183. The number of carbonyl (C=O) groups excluding carboxylic acids is 1. The Morgan fingerprint density at radius 1 is 1.17 bits per heavy atom. The zero-order valence-electron chi connectivity index (χ0n) is 13.1. The van der Waals surface area contributed by atoms with Crippen LogP contribution in [0, 0.1) is 0 Å². The van der Waals surface area contributed by atoms with Gasteiger partial charge in [-0.2, -0.15) is 0 Å². The first-order valence-corrected chi connectivity index (χ1v) is 8.84. The molecule has 2 aromatic heterocycles. The molecule has 0 bridgehead atoms. The van der Waals surface area contributed by atoms with E-state index in [1.165, 1.54) is 11.3 Å². The van der Waals surface area contributed by atoms with Gasteiger partial charge in [-0.3, -0.25) is 15.1 Å². The van der Waals surface area contributed by atoms with E-state index in [-0.39, 0.29) is 5.91 Å². The molecule has 0 saturated carbocycles. The highest BCUT2D eigenvalue weighted by atomic mass is 35.5. The fourth-order valence-corrected chi connectivity index (χ4v) is 3.51. The molecule has 24 heavy (non-hydrogen) atoms. The van der Waals surface area contributed by atoms with Crippen LogP contribution in [0.3, 0.4) is 0 Å². The molecular weight excluding hydrogens is 342 g/mol. The Morgan fingerprint density at radius 3 is 2.54 bits per heavy atom. The number of aromatic nitrogens is 2. The number of nitrogens with zero attached hydrogens (tertiary/aromatic N) is 2. The summed E-state index contributed by atoms with van der Waals surface area (Å²) in [6.45, 7) is 2.13. The lowest BCUT2D eigenvalue weighted by molar-refractivity contribution is 0.102. The van der Waals surface area contributed by atoms with Crippen molar-refractivity contribution in [3.63, 3.8) is 0 Å². The fourth-order valence-electron chi connectivity index (χ4n) is 2.31. The second-order valence-corrected chi connectivity index (χ2v) is 6.76. The van der Waals surface area contributed by atoms with Crippen molar-refractivity contribution in [1.82, 2.24) is 9.97 Å². The summed E-state index contributed by atoms with van der Waals surface area (Å²) in [5.74, 6) is -0.183. The highest BCUT2D eigenvalue weighted by Crippen LogP contribution is 2.33. The molecule has 1 N–H and O–H groups in total. The number of amides is 1. The van der Waals surface area contributed by atoms with E-state index in [2.05, 4.69) is 22.2 Å². The van der Waals surface area contributed by atoms with Crippen LogP contribution >= 0.6 is 22.9 Å². The average Bonchev–Trinajstić information content (AvgIpc) is 2.99. The highest BCUT2D eigenvalue weighted by molar-refractivity contribution is 7.16. The van der Waals surface area contributed by atoms with Gasteiger partial charge in [0.1, 0.15) is 0 Å². The van der Waals surface area contributed by atoms with Gasteiger partial charge in [0.2, 0.25) is 0 Å². The van der Waals surface area contributed by atoms with E-state index >= 15 is 0 Å². The molecule has 3 rings (SSSR count). The van der Waals surface area contributed by atoms with Crippen molar-refractivity contribution in [2.24, 2.45) is 0 Å². The van der Waals surface area contributed by atoms with Gasteiger partial charge in [-0.05, 0) is 30.7 Å². The Labute approximate surface area is 149 Å². The summed E-state index contributed by atoms with van der Waals surface area (Å²) in [5, 5.41) is 4.17. The number of nitrogens with one attached hydrogen (secondary N) is 1. The third kappa shape index (κ3) is 3.80. The van der Waals surface area contributed by atoms with Gasteiger partial charge in [0, 0.05) is 33.4 Å². The summed E-state index contributed by atoms with van der Waals surface area (Å²) in [5.41, 5.74) is 2.47. The van der Waals surface area contributed by atoms with Crippen LogP contribution in [0.25, 0.3) is 11.3 Å². The van der Waals surface area contributed by atoms with Crippen molar-refractivity contribution >= 4 is 34.0 Å². The van der Waals surface area contributed by atoms with E-state index in [0.717, 1.165) is 29.0 Å². The van der Waals surface area contributed by atoms with Crippen molar-refractivity contribution < 1.29 is 4.79 Å². The lowest BCUT2D eigenvalue weighted by Gasteiger charge is -2.01. The maximum atomic E-state index is 12.3. The van der Waals surface area contributed by atoms with Crippen molar-refractivity contribution in [3.8, 4) is 11.3 Å². The standard InChI is InChI=1S/C18H16ClN3OS/c1-2-3-15-16(12-4-6-14(19)7-5-12)21-18(24-15)22-17(23)13-8-10-20-11-9-13/h4-11H,2-3H2,1H3,(H,21,22,23). The van der Waals surface area contributed by atoms with Gasteiger partial charge in [-0.15, -0.1) is 11.3 Å². The summed E-state index contributed by atoms with van der Waals surface area (Å²) in [4.78, 5) is 22.0. The molecule has 0 atom stereocenters. The molecule has 0 unspecified atom stereocenters. The van der Waals surface area contributed by atoms with Crippen LogP contribution < -0.4 is 5.32 Å². The second kappa shape index (κ2) is 7.55. The summed E-state index contributed by atoms with van der Waals surface area (Å²) in [6.07, 6.45) is 5.12. The second-order valence-electron chi connectivity index (χ2n) is 5.24. The largest absolute Gasteiger partial charge is 0.298 e. The molecule has 122 valence electrons. The maximum absolute atomic E-state index is 12.3. The zero-order chi connectivity index (χ0) is 16.9. The number of aryl methyl sites for hydroxylation is 1. The molecular formula is C18H16ClN3OS. The Balaban J connectivity index is 1.88. The van der Waals surface area contributed by atoms with E-state index in [0.29, 0.717) is 15.7 Å². The number of anilines is 1. The zero-order valence-corrected chi connectivity index (χ0v) is 14.7. The molecule has 2 heterocycles. The smallest absolute Gasteiger partial charge is 0.257 e. The summed E-state index contributed by atoms with van der Waals surface area (Å²) in [6, 6.07) is 10.9. The van der Waals surface area contributed by atoms with Crippen LogP contribution in [0.15, 0.2) is 48.8 Å². The summed E-state index contributed by atoms with van der Waals surface area (Å²) < 4.78 is 0. The van der Waals surface area contributed by atoms with E-state index in [1.54, 1.807) is 24.5 Å². The molecule has 0 saturated heterocycles. The van der Waals surface area contributed by atoms with Crippen LogP contribution in [0.1, 0.15) is 28.6 Å². The number of thiazole rings is 1. The van der Waals surface area contributed by atoms with Crippen molar-refractivity contribution in [3.05, 3.63) is 64.3 Å². The third-order valence-corrected chi connectivity index (χ3v) is 4.74. The van der Waals surface area contributed by atoms with Crippen molar-refractivity contribution in [1.29, 1.82) is 0 Å². The monoisotopic (exact) mass is 357 g/mol. The van der Waals surface area contributed by atoms with Gasteiger partial charge in [0.15, 0.2) is 5.13 Å². The Bertz CT molecular complexity index is 831. The van der Waals surface area contributed by atoms with Crippen LogP contribution in [-0.4, -0.2) is 15.9 Å². The first-order chi connectivity index (χ1) is 11.7. The fraction of sp³-hybridized carbons (Fsp3) is 0.167. The predicted molar refractivity (Wildman–Crippen MR) is 98.7 cm³/mol. The van der Waals surface area contributed by atoms with Crippen molar-refractivity contribution in [2.75, 3.05) is 5.32 Å². The highest BCUT2D eigenvalue weighted by Gasteiger charge is 2.15. The van der Waals surface area contributed by atoms with Crippen LogP contribution in [0.5, 0.6) is 0 Å². The SMILES string of the molecule is CCCc1sc(NC(=O)c2ccncc2)nc1-c1ccc(Cl)cc1. The quantitative estimate of drug-likeness (QED) is 0.694. The maximum Gasteiger partial charge on any atom is 0.257 e. The number of hydrogen-bond acceptors (Lipinski definition) is 4. The van der Waals surface area contributed by atoms with Gasteiger partial charge in [0.25, 0.3) is 5.91 Å².